The standard InChI is InChI=1S/C35H42N4O5/c1-33(2,3)44-32(41)39-19-14-25(22-34(39)15-16-34)30-36-28-26-12-8-9-13-27(26)43-35(29(28)37(30)4)17-20-38(21-18-35)31(40)42-23-24-10-6-5-7-11-24/h5-13,25H,14-23H2,1-4H3. The number of carbonyl (C=O) groups excluding carboxylic acids is 2. The van der Waals surface area contributed by atoms with E-state index in [1.54, 1.807) is 4.90 Å². The van der Waals surface area contributed by atoms with Gasteiger partial charge in [-0.05, 0) is 64.2 Å². The van der Waals surface area contributed by atoms with E-state index in [9.17, 15) is 9.59 Å². The van der Waals surface area contributed by atoms with Gasteiger partial charge in [0.05, 0.1) is 11.4 Å². The number of amides is 2. The molecule has 2 amide bonds. The van der Waals surface area contributed by atoms with Gasteiger partial charge in [0.1, 0.15) is 23.8 Å². The minimum atomic E-state index is -0.589. The lowest BCUT2D eigenvalue weighted by molar-refractivity contribution is -0.0117. The van der Waals surface area contributed by atoms with Crippen LogP contribution in [0, 0.1) is 0 Å². The molecule has 9 heteroatoms. The summed E-state index contributed by atoms with van der Waals surface area (Å²) >= 11 is 0. The van der Waals surface area contributed by atoms with Crippen LogP contribution in [0.5, 0.6) is 5.75 Å². The summed E-state index contributed by atoms with van der Waals surface area (Å²) in [6.07, 6.45) is 4.51. The summed E-state index contributed by atoms with van der Waals surface area (Å²) in [7, 11) is 2.11. The van der Waals surface area contributed by atoms with Crippen molar-refractivity contribution in [1.82, 2.24) is 19.4 Å². The van der Waals surface area contributed by atoms with Crippen LogP contribution in [-0.4, -0.2) is 62.3 Å². The zero-order valence-corrected chi connectivity index (χ0v) is 26.2. The van der Waals surface area contributed by atoms with Gasteiger partial charge >= 0.3 is 12.2 Å². The first-order valence-electron chi connectivity index (χ1n) is 15.9. The second-order valence-corrected chi connectivity index (χ2v) is 13.9. The summed E-state index contributed by atoms with van der Waals surface area (Å²) in [5.41, 5.74) is 2.79. The maximum absolute atomic E-state index is 13.1. The van der Waals surface area contributed by atoms with Crippen molar-refractivity contribution in [1.29, 1.82) is 0 Å². The van der Waals surface area contributed by atoms with Crippen LogP contribution in [0.2, 0.25) is 0 Å². The van der Waals surface area contributed by atoms with Gasteiger partial charge in [-0.2, -0.15) is 0 Å². The van der Waals surface area contributed by atoms with E-state index in [1.165, 1.54) is 0 Å². The summed E-state index contributed by atoms with van der Waals surface area (Å²) < 4.78 is 20.5. The van der Waals surface area contributed by atoms with Crippen molar-refractivity contribution < 1.29 is 23.8 Å². The number of carbonyl (C=O) groups is 2. The lowest BCUT2D eigenvalue weighted by Gasteiger charge is -2.44. The zero-order chi connectivity index (χ0) is 30.7. The van der Waals surface area contributed by atoms with Gasteiger partial charge in [0.25, 0.3) is 0 Å². The second kappa shape index (κ2) is 10.6. The Kier molecular flexibility index (Phi) is 6.90. The number of nitrogens with zero attached hydrogens (tertiary/aromatic N) is 4. The number of likely N-dealkylation sites (tertiary alicyclic amines) is 2. The van der Waals surface area contributed by atoms with Crippen molar-refractivity contribution >= 4 is 12.2 Å². The number of ether oxygens (including phenoxy) is 3. The fraction of sp³-hybridized carbons (Fsp3) is 0.514. The topological polar surface area (TPSA) is 86.1 Å². The van der Waals surface area contributed by atoms with Gasteiger partial charge in [-0.1, -0.05) is 42.5 Å². The van der Waals surface area contributed by atoms with Crippen LogP contribution < -0.4 is 4.74 Å². The van der Waals surface area contributed by atoms with Crippen LogP contribution in [0.1, 0.15) is 82.3 Å². The molecule has 1 atom stereocenters. The largest absolute Gasteiger partial charge is 0.480 e. The Bertz CT molecular complexity index is 1560. The van der Waals surface area contributed by atoms with Crippen LogP contribution in [0.15, 0.2) is 54.6 Å². The van der Waals surface area contributed by atoms with Gasteiger partial charge in [0.2, 0.25) is 0 Å². The smallest absolute Gasteiger partial charge is 0.410 e. The first kappa shape index (κ1) is 28.7. The van der Waals surface area contributed by atoms with Crippen molar-refractivity contribution in [2.45, 2.75) is 88.6 Å². The Balaban J connectivity index is 1.13. The molecule has 2 saturated heterocycles. The van der Waals surface area contributed by atoms with E-state index in [4.69, 9.17) is 19.2 Å². The van der Waals surface area contributed by atoms with Crippen LogP contribution >= 0.6 is 0 Å². The Morgan fingerprint density at radius 2 is 1.66 bits per heavy atom. The van der Waals surface area contributed by atoms with Crippen LogP contribution in [0.25, 0.3) is 11.3 Å². The highest BCUT2D eigenvalue weighted by atomic mass is 16.6. The van der Waals surface area contributed by atoms with E-state index in [-0.39, 0.29) is 30.3 Å². The Labute approximate surface area is 259 Å². The number of hydrogen-bond acceptors (Lipinski definition) is 6. The zero-order valence-electron chi connectivity index (χ0n) is 26.2. The fourth-order valence-electron chi connectivity index (χ4n) is 7.43. The lowest BCUT2D eigenvalue weighted by Crippen LogP contribution is -2.50. The van der Waals surface area contributed by atoms with Crippen molar-refractivity contribution in [3.05, 3.63) is 71.7 Å². The lowest BCUT2D eigenvalue weighted by atomic mass is 9.83. The molecule has 0 bridgehead atoms. The maximum atomic E-state index is 13.1. The molecule has 4 heterocycles. The summed E-state index contributed by atoms with van der Waals surface area (Å²) in [4.78, 5) is 35.2. The Morgan fingerprint density at radius 3 is 2.36 bits per heavy atom. The Hall–Kier alpha value is -4.01. The number of piperidine rings is 2. The third-order valence-corrected chi connectivity index (χ3v) is 9.75. The fourth-order valence-corrected chi connectivity index (χ4v) is 7.43. The highest BCUT2D eigenvalue weighted by Gasteiger charge is 2.56. The van der Waals surface area contributed by atoms with Crippen LogP contribution in [-0.2, 0) is 28.7 Å². The van der Waals surface area contributed by atoms with Crippen molar-refractivity contribution in [2.75, 3.05) is 19.6 Å². The minimum Gasteiger partial charge on any atom is -0.480 e. The molecule has 1 aromatic heterocycles. The summed E-state index contributed by atoms with van der Waals surface area (Å²) in [5.74, 6) is 2.11. The molecule has 1 aliphatic carbocycles. The molecule has 1 saturated carbocycles. The van der Waals surface area contributed by atoms with Gasteiger partial charge in [0.15, 0.2) is 5.60 Å². The third kappa shape index (κ3) is 5.10. The number of imidazole rings is 1. The van der Waals surface area contributed by atoms with E-state index in [1.807, 2.05) is 74.2 Å². The van der Waals surface area contributed by atoms with E-state index >= 15 is 0 Å². The molecule has 4 aliphatic rings. The molecule has 2 spiro atoms. The molecule has 2 aromatic carbocycles. The Morgan fingerprint density at radius 1 is 0.955 bits per heavy atom. The van der Waals surface area contributed by atoms with Crippen molar-refractivity contribution in [2.24, 2.45) is 7.05 Å². The number of para-hydroxylation sites is 1. The average molecular weight is 599 g/mol. The number of benzene rings is 2. The molecule has 3 aromatic rings. The molecular formula is C35H42N4O5. The van der Waals surface area contributed by atoms with Gasteiger partial charge < -0.3 is 28.6 Å². The first-order valence-corrected chi connectivity index (χ1v) is 15.9. The van der Waals surface area contributed by atoms with Gasteiger partial charge in [0, 0.05) is 56.5 Å². The summed E-state index contributed by atoms with van der Waals surface area (Å²) in [5, 5.41) is 0. The second-order valence-electron chi connectivity index (χ2n) is 13.9. The predicted molar refractivity (Wildman–Crippen MR) is 165 cm³/mol. The maximum Gasteiger partial charge on any atom is 0.410 e. The molecule has 7 rings (SSSR count). The minimum absolute atomic E-state index is 0.144. The number of aromatic nitrogens is 2. The molecule has 0 radical (unpaired) electrons. The van der Waals surface area contributed by atoms with E-state index in [0.717, 1.165) is 59.8 Å². The van der Waals surface area contributed by atoms with Gasteiger partial charge in [-0.25, -0.2) is 14.6 Å². The summed E-state index contributed by atoms with van der Waals surface area (Å²) in [6.45, 7) is 7.75. The van der Waals surface area contributed by atoms with Gasteiger partial charge in [-0.3, -0.25) is 0 Å². The number of fused-ring (bicyclic) bond motifs is 4. The molecular weight excluding hydrogens is 556 g/mol. The van der Waals surface area contributed by atoms with Crippen molar-refractivity contribution in [3.8, 4) is 17.0 Å². The number of hydrogen-bond donors (Lipinski definition) is 0. The quantitative estimate of drug-likeness (QED) is 0.331. The molecule has 0 N–H and O–H groups in total. The molecule has 44 heavy (non-hydrogen) atoms. The van der Waals surface area contributed by atoms with E-state index < -0.39 is 11.2 Å². The van der Waals surface area contributed by atoms with Crippen molar-refractivity contribution in [3.63, 3.8) is 0 Å². The molecule has 9 nitrogen and oxygen atoms in total. The average Bonchev–Trinajstić information content (AvgIpc) is 3.66. The summed E-state index contributed by atoms with van der Waals surface area (Å²) in [6, 6.07) is 17.9. The van der Waals surface area contributed by atoms with Gasteiger partial charge in [-0.15, -0.1) is 0 Å². The highest BCUT2D eigenvalue weighted by molar-refractivity contribution is 5.74. The van der Waals surface area contributed by atoms with Crippen LogP contribution in [0.3, 0.4) is 0 Å². The molecule has 232 valence electrons. The van der Waals surface area contributed by atoms with Crippen LogP contribution in [0.4, 0.5) is 9.59 Å². The third-order valence-electron chi connectivity index (χ3n) is 9.75. The highest BCUT2D eigenvalue weighted by Crippen LogP contribution is 2.55. The first-order chi connectivity index (χ1) is 21.1. The molecule has 3 fully saturated rings. The van der Waals surface area contributed by atoms with E-state index in [2.05, 4.69) is 17.7 Å². The number of rotatable bonds is 3. The molecule has 3 aliphatic heterocycles. The monoisotopic (exact) mass is 598 g/mol. The SMILES string of the molecule is Cn1c(C2CCN(C(=O)OC(C)(C)C)C3(CC3)C2)nc2c1C1(CCN(C(=O)OCc3ccccc3)CC1)Oc1ccccc1-2. The molecule has 1 unspecified atom stereocenters. The normalized spacial score (nSPS) is 21.3. The van der Waals surface area contributed by atoms with E-state index in [0.29, 0.717) is 32.5 Å². The predicted octanol–water partition coefficient (Wildman–Crippen LogP) is 6.75.